The van der Waals surface area contributed by atoms with Crippen molar-refractivity contribution in [2.24, 2.45) is 0 Å². The topological polar surface area (TPSA) is 0 Å². The van der Waals surface area contributed by atoms with Crippen molar-refractivity contribution in [2.45, 2.75) is 117 Å². The van der Waals surface area contributed by atoms with Crippen LogP contribution in [-0.2, 0) is 19.3 Å². The summed E-state index contributed by atoms with van der Waals surface area (Å²) in [6.07, 6.45) is 20.3. The highest BCUT2D eigenvalue weighted by atomic mass is 79.9. The van der Waals surface area contributed by atoms with Crippen LogP contribution in [0.5, 0.6) is 0 Å². The lowest BCUT2D eigenvalue weighted by molar-refractivity contribution is 0.670. The summed E-state index contributed by atoms with van der Waals surface area (Å²) in [5, 5.41) is 6.43. The minimum absolute atomic E-state index is 1.21. The van der Waals surface area contributed by atoms with Crippen LogP contribution < -0.4 is 0 Å². The molecule has 52 heavy (non-hydrogen) atoms. The van der Waals surface area contributed by atoms with Gasteiger partial charge in [-0.1, -0.05) is 78.6 Å². The molecule has 0 bridgehead atoms. The van der Waals surface area contributed by atoms with Crippen LogP contribution in [0.15, 0.2) is 72.2 Å². The lowest BCUT2D eigenvalue weighted by Crippen LogP contribution is -1.81. The van der Waals surface area contributed by atoms with E-state index in [9.17, 15) is 0 Å². The molecule has 0 aliphatic carbocycles. The summed E-state index contributed by atoms with van der Waals surface area (Å²) in [6, 6.07) is 18.1. The summed E-state index contributed by atoms with van der Waals surface area (Å²) in [5.41, 5.74) is 0. The largest absolute Gasteiger partial charge is 0.143 e. The number of aryl methyl sites for hydroxylation is 3. The highest BCUT2D eigenvalue weighted by Gasteiger charge is 2.07. The molecule has 0 aliphatic heterocycles. The van der Waals surface area contributed by atoms with E-state index in [1.165, 1.54) is 141 Å². The van der Waals surface area contributed by atoms with Crippen LogP contribution in [0.25, 0.3) is 37.6 Å². The summed E-state index contributed by atoms with van der Waals surface area (Å²) in [4.78, 5) is 4.77. The Balaban J connectivity index is 0.000000142. The fourth-order valence-electron chi connectivity index (χ4n) is 5.77. The molecule has 0 N–H and O–H groups in total. The van der Waals surface area contributed by atoms with Gasteiger partial charge < -0.3 is 0 Å². The van der Waals surface area contributed by atoms with Crippen LogP contribution in [0.1, 0.15) is 112 Å². The third-order valence-electron chi connectivity index (χ3n) is 8.55. The van der Waals surface area contributed by atoms with Gasteiger partial charge in [-0.2, -0.15) is 0 Å². The first kappa shape index (κ1) is 42.7. The first-order valence-corrected chi connectivity index (χ1v) is 27.0. The summed E-state index contributed by atoms with van der Waals surface area (Å²) in [5.74, 6) is 0. The number of unbranched alkanes of at least 4 members (excludes halogenated alkanes) is 9. The molecule has 0 atom stereocenters. The maximum absolute atomic E-state index is 3.44. The molecule has 10 heteroatoms. The molecular formula is C42H50Br2S8. The number of thiophene rings is 8. The molecule has 8 aromatic rings. The number of hydrogen-bond acceptors (Lipinski definition) is 8. The van der Waals surface area contributed by atoms with Crippen molar-refractivity contribution < 1.29 is 0 Å². The average Bonchev–Trinajstić information content (AvgIpc) is 3.96. The molecule has 0 amide bonds. The minimum Gasteiger partial charge on any atom is -0.143 e. The second-order valence-corrected chi connectivity index (χ2v) is 24.1. The normalized spacial score (nSPS) is 11.2. The molecule has 0 radical (unpaired) electrons. The third kappa shape index (κ3) is 14.0. The zero-order chi connectivity index (χ0) is 36.5. The van der Waals surface area contributed by atoms with Gasteiger partial charge in [-0.05, 0) is 135 Å². The van der Waals surface area contributed by atoms with Crippen LogP contribution in [0.2, 0.25) is 0 Å². The van der Waals surface area contributed by atoms with Gasteiger partial charge in [0.15, 0.2) is 0 Å². The van der Waals surface area contributed by atoms with Crippen molar-refractivity contribution in [3.05, 3.63) is 86.9 Å². The van der Waals surface area contributed by atoms with Crippen molar-refractivity contribution in [1.29, 1.82) is 0 Å². The van der Waals surface area contributed by atoms with Crippen LogP contribution in [0.4, 0.5) is 0 Å². The molecule has 0 aliphatic rings. The molecule has 0 spiro atoms. The zero-order valence-corrected chi connectivity index (χ0v) is 40.2. The number of rotatable bonds is 15. The van der Waals surface area contributed by atoms with Gasteiger partial charge >= 0.3 is 0 Å². The van der Waals surface area contributed by atoms with Gasteiger partial charge in [0.05, 0.1) is 7.57 Å². The Labute approximate surface area is 360 Å². The smallest absolute Gasteiger partial charge is 0.0719 e. The van der Waals surface area contributed by atoms with E-state index in [1.54, 1.807) is 60.0 Å². The lowest BCUT2D eigenvalue weighted by atomic mass is 10.1. The predicted molar refractivity (Wildman–Crippen MR) is 258 cm³/mol. The second-order valence-electron chi connectivity index (χ2n) is 12.8. The van der Waals surface area contributed by atoms with E-state index in [0.29, 0.717) is 0 Å². The Bertz CT molecular complexity index is 1910. The predicted octanol–water partition coefficient (Wildman–Crippen LogP) is 19.7. The molecule has 8 heterocycles. The van der Waals surface area contributed by atoms with Gasteiger partial charge in [-0.15, -0.1) is 90.7 Å². The first-order valence-electron chi connectivity index (χ1n) is 18.7. The number of hydrogen-bond donors (Lipinski definition) is 0. The standard InChI is InChI=1S/C18H28S2.C12H16S2.C6H2Br2S2.C6H4S2/c1-3-5-7-9-11-15-13-17-18(19-15)14-16(20-17)12-10-8-6-4-2;1-2-3-4-5-6-10-9-12-11(14-10)7-8-13-12;7-5-1-3-4(10-5)2-6(8)9-3;1-3-7-6-2-4-8-5(1)6/h13-14H,3-12H2,1-2H3;7-9H,2-6H2,1H3;1-2H;1-4H. The van der Waals surface area contributed by atoms with Crippen LogP contribution in [0, 0.1) is 0 Å². The average molecular weight is 971 g/mol. The Morgan fingerprint density at radius 3 is 1.12 bits per heavy atom. The molecule has 0 nitrogen and oxygen atoms in total. The quantitative estimate of drug-likeness (QED) is 0.0898. The Morgan fingerprint density at radius 2 is 0.712 bits per heavy atom. The fraction of sp³-hybridized carbons (Fsp3) is 0.429. The maximum atomic E-state index is 3.44. The van der Waals surface area contributed by atoms with Crippen LogP contribution in [0.3, 0.4) is 0 Å². The van der Waals surface area contributed by atoms with Gasteiger partial charge in [0.2, 0.25) is 0 Å². The van der Waals surface area contributed by atoms with E-state index in [0.717, 1.165) is 0 Å². The lowest BCUT2D eigenvalue weighted by Gasteiger charge is -1.97. The molecular weight excluding hydrogens is 921 g/mol. The van der Waals surface area contributed by atoms with Gasteiger partial charge in [0.25, 0.3) is 0 Å². The summed E-state index contributed by atoms with van der Waals surface area (Å²) in [6.45, 7) is 6.83. The molecule has 0 unspecified atom stereocenters. The highest BCUT2D eigenvalue weighted by Crippen LogP contribution is 2.38. The summed E-state index contributed by atoms with van der Waals surface area (Å²) >= 11 is 21.9. The molecule has 0 saturated heterocycles. The van der Waals surface area contributed by atoms with Crippen molar-refractivity contribution in [1.82, 2.24) is 0 Å². The van der Waals surface area contributed by atoms with E-state index in [-0.39, 0.29) is 0 Å². The Kier molecular flexibility index (Phi) is 19.4. The fourth-order valence-corrected chi connectivity index (χ4v) is 16.0. The highest BCUT2D eigenvalue weighted by molar-refractivity contribution is 9.11. The third-order valence-corrected chi connectivity index (χ3v) is 18.3. The maximum Gasteiger partial charge on any atom is 0.0719 e. The van der Waals surface area contributed by atoms with Gasteiger partial charge in [-0.3, -0.25) is 0 Å². The number of fused-ring (bicyclic) bond motifs is 4. The second kappa shape index (κ2) is 23.6. The first-order chi connectivity index (χ1) is 25.4. The molecule has 8 rings (SSSR count). The van der Waals surface area contributed by atoms with Crippen molar-refractivity contribution in [3.63, 3.8) is 0 Å². The van der Waals surface area contributed by atoms with E-state index < -0.39 is 0 Å². The van der Waals surface area contributed by atoms with Crippen LogP contribution in [-0.4, -0.2) is 0 Å². The van der Waals surface area contributed by atoms with Crippen molar-refractivity contribution >= 4 is 160 Å². The van der Waals surface area contributed by atoms with E-state index in [1.807, 2.05) is 45.3 Å². The summed E-state index contributed by atoms with van der Waals surface area (Å²) < 4.78 is 14.0. The van der Waals surface area contributed by atoms with E-state index >= 15 is 0 Å². The molecule has 8 aromatic heterocycles. The van der Waals surface area contributed by atoms with Crippen LogP contribution >= 0.6 is 123 Å². The van der Waals surface area contributed by atoms with Crippen molar-refractivity contribution in [2.75, 3.05) is 0 Å². The van der Waals surface area contributed by atoms with E-state index in [4.69, 9.17) is 0 Å². The molecule has 0 saturated carbocycles. The van der Waals surface area contributed by atoms with E-state index in [2.05, 4.69) is 117 Å². The zero-order valence-electron chi connectivity index (χ0n) is 30.5. The molecule has 0 aromatic carbocycles. The Morgan fingerprint density at radius 1 is 0.365 bits per heavy atom. The molecule has 0 fully saturated rings. The van der Waals surface area contributed by atoms with Gasteiger partial charge in [-0.25, -0.2) is 0 Å². The number of halogens is 2. The Hall–Kier alpha value is -0.400. The van der Waals surface area contributed by atoms with Gasteiger partial charge in [0, 0.05) is 52.2 Å². The van der Waals surface area contributed by atoms with Crippen molar-refractivity contribution in [3.8, 4) is 0 Å². The SMILES string of the molecule is Brc1cc2sc(Br)cc2s1.CCCCCCc1cc2sc(CCCCCC)cc2s1.CCCCCCc1cc2sccc2s1.c1cc2sccc2s1. The van der Waals surface area contributed by atoms with Gasteiger partial charge in [0.1, 0.15) is 0 Å². The summed E-state index contributed by atoms with van der Waals surface area (Å²) in [7, 11) is 0. The monoisotopic (exact) mass is 968 g/mol. The minimum atomic E-state index is 1.21. The molecule has 280 valence electrons.